The van der Waals surface area contributed by atoms with Crippen LogP contribution in [-0.4, -0.2) is 42.0 Å². The Labute approximate surface area is 163 Å². The van der Waals surface area contributed by atoms with Gasteiger partial charge in [0.1, 0.15) is 22.9 Å². The first-order valence-electron chi connectivity index (χ1n) is 8.83. The van der Waals surface area contributed by atoms with E-state index in [-0.39, 0.29) is 29.8 Å². The monoisotopic (exact) mass is 406 g/mol. The van der Waals surface area contributed by atoms with Gasteiger partial charge in [-0.15, -0.1) is 0 Å². The second-order valence-electron chi connectivity index (χ2n) is 6.92. The van der Waals surface area contributed by atoms with Gasteiger partial charge in [0.05, 0.1) is 18.7 Å². The van der Waals surface area contributed by atoms with Gasteiger partial charge in [-0.25, -0.2) is 18.2 Å². The summed E-state index contributed by atoms with van der Waals surface area (Å²) in [5.41, 5.74) is -1.26. The summed E-state index contributed by atoms with van der Waals surface area (Å²) < 4.78 is 52.7. The smallest absolute Gasteiger partial charge is 0.256 e. The lowest BCUT2D eigenvalue weighted by Gasteiger charge is -2.49. The zero-order valence-electron chi connectivity index (χ0n) is 15.3. The van der Waals surface area contributed by atoms with Crippen LogP contribution in [0.1, 0.15) is 12.0 Å². The lowest BCUT2D eigenvalue weighted by Crippen LogP contribution is -2.68. The molecular formula is C19H17F3N4O3. The van der Waals surface area contributed by atoms with Gasteiger partial charge in [-0.05, 0) is 24.6 Å². The van der Waals surface area contributed by atoms with Crippen molar-refractivity contribution in [3.63, 3.8) is 0 Å². The van der Waals surface area contributed by atoms with Gasteiger partial charge in [0.25, 0.3) is 5.88 Å². The van der Waals surface area contributed by atoms with Crippen LogP contribution in [0.25, 0.3) is 0 Å². The molecule has 10 heteroatoms. The summed E-state index contributed by atoms with van der Waals surface area (Å²) in [5, 5.41) is 11.0. The molecule has 2 aliphatic heterocycles. The Morgan fingerprint density at radius 3 is 2.86 bits per heavy atom. The van der Waals surface area contributed by atoms with E-state index in [0.29, 0.717) is 19.1 Å². The van der Waals surface area contributed by atoms with E-state index in [1.165, 1.54) is 24.1 Å². The first-order chi connectivity index (χ1) is 13.8. The molecule has 4 rings (SSSR count). The number of amides is 1. The Hall–Kier alpha value is -3.14. The molecule has 152 valence electrons. The van der Waals surface area contributed by atoms with Gasteiger partial charge in [0.15, 0.2) is 11.8 Å². The molecule has 1 aromatic carbocycles. The van der Waals surface area contributed by atoms with Crippen LogP contribution in [0.5, 0.6) is 11.6 Å². The number of hydrogen-bond donors (Lipinski definition) is 2. The standard InChI is InChI=1S/C19H17F3N4O3/c1-26-17(27)12-4-5-28-9-19(12,25-18(26)23)13-7-11(2-3-14(13)21)29-16-15(22)6-10(20)8-24-16/h2-3,6-8,12H,4-5,9H2,1H3,(H2,23,25)/t12?,19-/m0/s1. The topological polar surface area (TPSA) is 87.5 Å². The molecule has 2 N–H and O–H groups in total. The Bertz CT molecular complexity index is 1000. The number of fused-ring (bicyclic) bond motifs is 1. The molecular weight excluding hydrogens is 389 g/mol. The first-order valence-corrected chi connectivity index (χ1v) is 8.83. The van der Waals surface area contributed by atoms with Gasteiger partial charge >= 0.3 is 0 Å². The number of carbonyl (C=O) groups excluding carboxylic acids is 1. The number of benzene rings is 1. The van der Waals surface area contributed by atoms with E-state index < -0.39 is 34.8 Å². The Balaban J connectivity index is 1.76. The summed E-state index contributed by atoms with van der Waals surface area (Å²) in [6, 6.07) is 4.30. The number of rotatable bonds is 3. The zero-order chi connectivity index (χ0) is 20.8. The normalized spacial score (nSPS) is 24.1. The third-order valence-electron chi connectivity index (χ3n) is 5.19. The number of aromatic nitrogens is 1. The molecule has 2 aliphatic rings. The minimum Gasteiger partial charge on any atom is -0.436 e. The fourth-order valence-electron chi connectivity index (χ4n) is 3.71. The van der Waals surface area contributed by atoms with Gasteiger partial charge in [-0.3, -0.25) is 15.1 Å². The van der Waals surface area contributed by atoms with Crippen LogP contribution in [0, 0.1) is 28.8 Å². The largest absolute Gasteiger partial charge is 0.436 e. The van der Waals surface area contributed by atoms with E-state index in [4.69, 9.17) is 14.9 Å². The van der Waals surface area contributed by atoms with Crippen LogP contribution < -0.4 is 10.1 Å². The highest BCUT2D eigenvalue weighted by molar-refractivity contribution is 6.00. The van der Waals surface area contributed by atoms with E-state index in [9.17, 15) is 18.0 Å². The van der Waals surface area contributed by atoms with Crippen molar-refractivity contribution in [1.82, 2.24) is 15.2 Å². The molecule has 2 saturated heterocycles. The lowest BCUT2D eigenvalue weighted by atomic mass is 9.73. The summed E-state index contributed by atoms with van der Waals surface area (Å²) in [6.07, 6.45) is 1.13. The van der Waals surface area contributed by atoms with Gasteiger partial charge < -0.3 is 14.8 Å². The van der Waals surface area contributed by atoms with Crippen molar-refractivity contribution in [3.05, 3.63) is 53.5 Å². The third-order valence-corrected chi connectivity index (χ3v) is 5.19. The van der Waals surface area contributed by atoms with E-state index in [1.54, 1.807) is 0 Å². The van der Waals surface area contributed by atoms with Crippen molar-refractivity contribution in [2.45, 2.75) is 12.0 Å². The molecule has 1 amide bonds. The maximum Gasteiger partial charge on any atom is 0.256 e. The Morgan fingerprint density at radius 1 is 1.31 bits per heavy atom. The van der Waals surface area contributed by atoms with Crippen molar-refractivity contribution in [2.24, 2.45) is 5.92 Å². The molecule has 3 heterocycles. The van der Waals surface area contributed by atoms with Crippen LogP contribution in [0.3, 0.4) is 0 Å². The number of carbonyl (C=O) groups is 1. The first kappa shape index (κ1) is 19.2. The minimum atomic E-state index is -1.31. The molecule has 0 bridgehead atoms. The number of ether oxygens (including phenoxy) is 2. The predicted octanol–water partition coefficient (Wildman–Crippen LogP) is 2.52. The highest BCUT2D eigenvalue weighted by Crippen LogP contribution is 2.42. The highest BCUT2D eigenvalue weighted by atomic mass is 19.1. The molecule has 0 saturated carbocycles. The second kappa shape index (κ2) is 7.03. The molecule has 0 spiro atoms. The Kier molecular flexibility index (Phi) is 4.65. The fourth-order valence-corrected chi connectivity index (χ4v) is 3.71. The number of nitrogens with one attached hydrogen (secondary N) is 2. The summed E-state index contributed by atoms with van der Waals surface area (Å²) in [5.74, 6) is -4.12. The molecule has 2 aromatic rings. The predicted molar refractivity (Wildman–Crippen MR) is 94.9 cm³/mol. The zero-order valence-corrected chi connectivity index (χ0v) is 15.3. The molecule has 1 aromatic heterocycles. The van der Waals surface area contributed by atoms with Crippen molar-refractivity contribution < 1.29 is 27.4 Å². The molecule has 7 nitrogen and oxygen atoms in total. The fraction of sp³-hybridized carbons (Fsp3) is 0.316. The van der Waals surface area contributed by atoms with Gasteiger partial charge in [-0.2, -0.15) is 0 Å². The SMILES string of the molecule is CN1C(=N)N[C@@]2(c3cc(Oc4ncc(F)cc4F)ccc3F)COCCC2C1=O. The lowest BCUT2D eigenvalue weighted by molar-refractivity contribution is -0.143. The summed E-state index contributed by atoms with van der Waals surface area (Å²) in [6.45, 7) is 0.284. The number of hydrogen-bond acceptors (Lipinski definition) is 5. The Morgan fingerprint density at radius 2 is 2.10 bits per heavy atom. The van der Waals surface area contributed by atoms with Crippen LogP contribution in [0.15, 0.2) is 30.5 Å². The molecule has 0 aliphatic carbocycles. The summed E-state index contributed by atoms with van der Waals surface area (Å²) >= 11 is 0. The third kappa shape index (κ3) is 3.19. The van der Waals surface area contributed by atoms with Crippen LogP contribution >= 0.6 is 0 Å². The molecule has 29 heavy (non-hydrogen) atoms. The van der Waals surface area contributed by atoms with Crippen LogP contribution in [-0.2, 0) is 15.1 Å². The number of nitrogens with zero attached hydrogens (tertiary/aromatic N) is 2. The van der Waals surface area contributed by atoms with Crippen molar-refractivity contribution >= 4 is 11.9 Å². The molecule has 0 radical (unpaired) electrons. The number of pyridine rings is 1. The quantitative estimate of drug-likeness (QED) is 0.818. The average Bonchev–Trinajstić information content (AvgIpc) is 2.69. The van der Waals surface area contributed by atoms with Crippen LogP contribution in [0.2, 0.25) is 0 Å². The number of halogens is 3. The van der Waals surface area contributed by atoms with Crippen molar-refractivity contribution in [3.8, 4) is 11.6 Å². The highest BCUT2D eigenvalue weighted by Gasteiger charge is 2.53. The minimum absolute atomic E-state index is 0.0385. The summed E-state index contributed by atoms with van der Waals surface area (Å²) in [7, 11) is 1.47. The van der Waals surface area contributed by atoms with Crippen LogP contribution in [0.4, 0.5) is 13.2 Å². The summed E-state index contributed by atoms with van der Waals surface area (Å²) in [4.78, 5) is 17.5. The van der Waals surface area contributed by atoms with E-state index >= 15 is 0 Å². The molecule has 1 unspecified atom stereocenters. The number of guanidine groups is 1. The average molecular weight is 406 g/mol. The van der Waals surface area contributed by atoms with Crippen molar-refractivity contribution in [2.75, 3.05) is 20.3 Å². The van der Waals surface area contributed by atoms with Gasteiger partial charge in [-0.1, -0.05) is 0 Å². The molecule has 2 atom stereocenters. The maximum absolute atomic E-state index is 14.9. The van der Waals surface area contributed by atoms with Gasteiger partial charge in [0, 0.05) is 25.3 Å². The van der Waals surface area contributed by atoms with E-state index in [1.807, 2.05) is 0 Å². The van der Waals surface area contributed by atoms with Crippen molar-refractivity contribution in [1.29, 1.82) is 5.41 Å². The van der Waals surface area contributed by atoms with Gasteiger partial charge in [0.2, 0.25) is 5.91 Å². The maximum atomic E-state index is 14.9. The molecule has 2 fully saturated rings. The van der Waals surface area contributed by atoms with E-state index in [0.717, 1.165) is 12.3 Å². The second-order valence-corrected chi connectivity index (χ2v) is 6.92. The van der Waals surface area contributed by atoms with E-state index in [2.05, 4.69) is 10.3 Å².